The summed E-state index contributed by atoms with van der Waals surface area (Å²) in [6.45, 7) is 5.45. The van der Waals surface area contributed by atoms with Crippen molar-refractivity contribution in [3.63, 3.8) is 0 Å². The van der Waals surface area contributed by atoms with Crippen LogP contribution < -0.4 is 10.6 Å². The van der Waals surface area contributed by atoms with Gasteiger partial charge in [-0.15, -0.1) is 0 Å². The van der Waals surface area contributed by atoms with Crippen LogP contribution in [0.4, 0.5) is 5.69 Å². The fourth-order valence-corrected chi connectivity index (χ4v) is 4.42. The Labute approximate surface area is 150 Å². The first-order valence-corrected chi connectivity index (χ1v) is 9.48. The first kappa shape index (κ1) is 17.2. The lowest BCUT2D eigenvalue weighted by Gasteiger charge is -2.24. The van der Waals surface area contributed by atoms with Crippen LogP contribution in [0.25, 0.3) is 0 Å². The molecule has 1 aromatic rings. The lowest BCUT2D eigenvalue weighted by molar-refractivity contribution is 0.0773. The van der Waals surface area contributed by atoms with Gasteiger partial charge in [0.1, 0.15) is 0 Å². The van der Waals surface area contributed by atoms with Crippen molar-refractivity contribution in [3.8, 4) is 0 Å². The van der Waals surface area contributed by atoms with Crippen LogP contribution in [0.2, 0.25) is 0 Å². The van der Waals surface area contributed by atoms with E-state index in [1.807, 2.05) is 43.0 Å². The van der Waals surface area contributed by atoms with E-state index in [4.69, 9.17) is 12.2 Å². The van der Waals surface area contributed by atoms with Crippen molar-refractivity contribution in [2.24, 2.45) is 11.8 Å². The highest BCUT2D eigenvalue weighted by molar-refractivity contribution is 7.80. The lowest BCUT2D eigenvalue weighted by atomic mass is 9.96. The zero-order chi connectivity index (χ0) is 17.1. The van der Waals surface area contributed by atoms with Crippen LogP contribution in [0.15, 0.2) is 24.3 Å². The second-order valence-corrected chi connectivity index (χ2v) is 7.34. The van der Waals surface area contributed by atoms with Gasteiger partial charge in [0.2, 0.25) is 0 Å². The van der Waals surface area contributed by atoms with Crippen molar-refractivity contribution < 1.29 is 4.79 Å². The maximum atomic E-state index is 12.3. The summed E-state index contributed by atoms with van der Waals surface area (Å²) >= 11 is 5.45. The van der Waals surface area contributed by atoms with Gasteiger partial charge in [-0.05, 0) is 81.4 Å². The van der Waals surface area contributed by atoms with Gasteiger partial charge in [0.25, 0.3) is 5.91 Å². The third-order valence-corrected chi connectivity index (χ3v) is 5.71. The molecule has 5 heteroatoms. The largest absolute Gasteiger partial charge is 0.359 e. The fraction of sp³-hybridized carbons (Fsp3) is 0.579. The molecule has 3 rings (SSSR count). The predicted molar refractivity (Wildman–Crippen MR) is 102 cm³/mol. The monoisotopic (exact) mass is 345 g/mol. The molecule has 2 aliphatic carbocycles. The molecule has 2 bridgehead atoms. The van der Waals surface area contributed by atoms with Gasteiger partial charge >= 0.3 is 0 Å². The molecule has 0 saturated heterocycles. The van der Waals surface area contributed by atoms with E-state index in [9.17, 15) is 4.79 Å². The first-order valence-electron chi connectivity index (χ1n) is 9.07. The highest BCUT2D eigenvalue weighted by Crippen LogP contribution is 2.44. The summed E-state index contributed by atoms with van der Waals surface area (Å²) in [5.41, 5.74) is 1.64. The summed E-state index contributed by atoms with van der Waals surface area (Å²) in [7, 11) is 0. The van der Waals surface area contributed by atoms with E-state index >= 15 is 0 Å². The molecule has 0 radical (unpaired) electrons. The second-order valence-electron chi connectivity index (χ2n) is 6.93. The number of carbonyl (C=O) groups excluding carboxylic acids is 1. The average Bonchev–Trinajstić information content (AvgIpc) is 3.19. The van der Waals surface area contributed by atoms with Crippen LogP contribution in [0.1, 0.15) is 49.9 Å². The van der Waals surface area contributed by atoms with Crippen LogP contribution in [0.3, 0.4) is 0 Å². The Hall–Kier alpha value is -1.62. The van der Waals surface area contributed by atoms with Gasteiger partial charge in [0, 0.05) is 30.4 Å². The topological polar surface area (TPSA) is 44.4 Å². The predicted octanol–water partition coefficient (Wildman–Crippen LogP) is 3.64. The molecule has 4 nitrogen and oxygen atoms in total. The van der Waals surface area contributed by atoms with E-state index < -0.39 is 0 Å². The lowest BCUT2D eigenvalue weighted by Crippen LogP contribution is -2.40. The number of carbonyl (C=O) groups is 1. The molecule has 2 fully saturated rings. The zero-order valence-corrected chi connectivity index (χ0v) is 15.4. The minimum absolute atomic E-state index is 0.0780. The normalized spacial score (nSPS) is 24.7. The molecule has 3 atom stereocenters. The molecule has 2 saturated carbocycles. The third kappa shape index (κ3) is 3.72. The number of fused-ring (bicyclic) bond motifs is 2. The molecule has 2 N–H and O–H groups in total. The van der Waals surface area contributed by atoms with Gasteiger partial charge in [-0.3, -0.25) is 4.79 Å². The molecule has 0 spiro atoms. The number of hydrogen-bond donors (Lipinski definition) is 2. The Balaban J connectivity index is 1.54. The van der Waals surface area contributed by atoms with E-state index in [0.717, 1.165) is 36.2 Å². The Kier molecular flexibility index (Phi) is 5.39. The fourth-order valence-electron chi connectivity index (χ4n) is 4.15. The summed E-state index contributed by atoms with van der Waals surface area (Å²) < 4.78 is 0. The van der Waals surface area contributed by atoms with E-state index in [2.05, 4.69) is 10.6 Å². The number of amides is 1. The van der Waals surface area contributed by atoms with Crippen molar-refractivity contribution in [2.45, 2.75) is 45.6 Å². The van der Waals surface area contributed by atoms with Crippen molar-refractivity contribution in [1.82, 2.24) is 10.2 Å². The summed E-state index contributed by atoms with van der Waals surface area (Å²) in [4.78, 5) is 14.1. The quantitative estimate of drug-likeness (QED) is 0.800. The highest BCUT2D eigenvalue weighted by Gasteiger charge is 2.39. The summed E-state index contributed by atoms with van der Waals surface area (Å²) in [6, 6.07) is 8.11. The van der Waals surface area contributed by atoms with Crippen molar-refractivity contribution in [2.75, 3.05) is 18.4 Å². The molecule has 0 unspecified atom stereocenters. The molecule has 130 valence electrons. The van der Waals surface area contributed by atoms with E-state index in [0.29, 0.717) is 11.2 Å². The number of nitrogens with zero attached hydrogens (tertiary/aromatic N) is 1. The summed E-state index contributed by atoms with van der Waals surface area (Å²) in [5.74, 6) is 1.78. The van der Waals surface area contributed by atoms with Crippen LogP contribution in [0, 0.1) is 11.8 Å². The second kappa shape index (κ2) is 7.51. The summed E-state index contributed by atoms with van der Waals surface area (Å²) in [5, 5.41) is 7.42. The number of anilines is 1. The van der Waals surface area contributed by atoms with Gasteiger partial charge in [-0.1, -0.05) is 6.42 Å². The Morgan fingerprint density at radius 3 is 2.42 bits per heavy atom. The summed E-state index contributed by atoms with van der Waals surface area (Å²) in [6.07, 6.45) is 5.35. The molecule has 1 amide bonds. The maximum Gasteiger partial charge on any atom is 0.253 e. The zero-order valence-electron chi connectivity index (χ0n) is 14.5. The van der Waals surface area contributed by atoms with Gasteiger partial charge in [0.05, 0.1) is 0 Å². The Bertz CT molecular complexity index is 597. The molecule has 0 aromatic heterocycles. The first-order chi connectivity index (χ1) is 11.6. The van der Waals surface area contributed by atoms with Crippen LogP contribution in [0.5, 0.6) is 0 Å². The molecule has 0 heterocycles. The Morgan fingerprint density at radius 2 is 1.88 bits per heavy atom. The maximum absolute atomic E-state index is 12.3. The number of thiocarbonyl (C=S) groups is 1. The van der Waals surface area contributed by atoms with Crippen molar-refractivity contribution in [3.05, 3.63) is 29.8 Å². The highest BCUT2D eigenvalue weighted by atomic mass is 32.1. The standard InChI is InChI=1S/C19H27N3OS/c1-3-22(4-2)18(23)14-7-9-16(10-8-14)20-19(24)21-17-12-13-5-6-15(17)11-13/h7-10,13,15,17H,3-6,11-12H2,1-2H3,(H2,20,21,24)/t13-,15+,17+/m1/s1. The minimum atomic E-state index is 0.0780. The number of hydrogen-bond acceptors (Lipinski definition) is 2. The van der Waals surface area contributed by atoms with Crippen LogP contribution >= 0.6 is 12.2 Å². The molecule has 1 aromatic carbocycles. The van der Waals surface area contributed by atoms with Gasteiger partial charge < -0.3 is 15.5 Å². The van der Waals surface area contributed by atoms with E-state index in [-0.39, 0.29) is 5.91 Å². The van der Waals surface area contributed by atoms with Gasteiger partial charge in [-0.25, -0.2) is 0 Å². The number of rotatable bonds is 5. The number of nitrogens with one attached hydrogen (secondary N) is 2. The SMILES string of the molecule is CCN(CC)C(=O)c1ccc(NC(=S)N[C@H]2C[C@@H]3CC[C@H]2C3)cc1. The number of benzene rings is 1. The third-order valence-electron chi connectivity index (χ3n) is 5.49. The van der Waals surface area contributed by atoms with Gasteiger partial charge in [0.15, 0.2) is 5.11 Å². The van der Waals surface area contributed by atoms with E-state index in [1.165, 1.54) is 25.7 Å². The average molecular weight is 346 g/mol. The van der Waals surface area contributed by atoms with Crippen molar-refractivity contribution >= 4 is 28.9 Å². The molecular weight excluding hydrogens is 318 g/mol. The van der Waals surface area contributed by atoms with Crippen LogP contribution in [-0.4, -0.2) is 35.1 Å². The van der Waals surface area contributed by atoms with Crippen LogP contribution in [-0.2, 0) is 0 Å². The van der Waals surface area contributed by atoms with Crippen molar-refractivity contribution in [1.29, 1.82) is 0 Å². The molecular formula is C19H27N3OS. The Morgan fingerprint density at radius 1 is 1.17 bits per heavy atom. The van der Waals surface area contributed by atoms with Gasteiger partial charge in [-0.2, -0.15) is 0 Å². The molecule has 24 heavy (non-hydrogen) atoms. The molecule has 0 aliphatic heterocycles. The molecule has 2 aliphatic rings. The smallest absolute Gasteiger partial charge is 0.253 e. The minimum Gasteiger partial charge on any atom is -0.359 e. The van der Waals surface area contributed by atoms with E-state index in [1.54, 1.807) is 0 Å².